The predicted octanol–water partition coefficient (Wildman–Crippen LogP) is 3.58. The highest BCUT2D eigenvalue weighted by molar-refractivity contribution is 5.97. The maximum Gasteiger partial charge on any atom is 0.253 e. The molecule has 36 heavy (non-hydrogen) atoms. The third-order valence-electron chi connectivity index (χ3n) is 6.37. The Morgan fingerprint density at radius 2 is 1.97 bits per heavy atom. The van der Waals surface area contributed by atoms with E-state index < -0.39 is 6.04 Å². The van der Waals surface area contributed by atoms with Crippen LogP contribution in [0.15, 0.2) is 59.1 Å². The first-order valence-corrected chi connectivity index (χ1v) is 12.0. The fraction of sp³-hybridized carbons (Fsp3) is 0.269. The van der Waals surface area contributed by atoms with Gasteiger partial charge >= 0.3 is 0 Å². The Bertz CT molecular complexity index is 1400. The highest BCUT2D eigenvalue weighted by Crippen LogP contribution is 2.40. The van der Waals surface area contributed by atoms with Crippen molar-refractivity contribution < 1.29 is 14.3 Å². The van der Waals surface area contributed by atoms with Crippen molar-refractivity contribution in [1.82, 2.24) is 25.5 Å². The number of rotatable bonds is 8. The van der Waals surface area contributed by atoms with Gasteiger partial charge in [0.05, 0.1) is 18.2 Å². The van der Waals surface area contributed by atoms with Crippen molar-refractivity contribution in [1.29, 1.82) is 0 Å². The molecule has 10 heteroatoms. The second kappa shape index (κ2) is 9.38. The Balaban J connectivity index is 1.33. The second-order valence-corrected chi connectivity index (χ2v) is 8.97. The summed E-state index contributed by atoms with van der Waals surface area (Å²) in [5.41, 5.74) is 3.90. The van der Waals surface area contributed by atoms with Crippen LogP contribution in [0.25, 0.3) is 11.5 Å². The monoisotopic (exact) mass is 483 g/mol. The summed E-state index contributed by atoms with van der Waals surface area (Å²) in [6.45, 7) is 0.476. The van der Waals surface area contributed by atoms with Crippen LogP contribution in [-0.2, 0) is 6.42 Å². The summed E-state index contributed by atoms with van der Waals surface area (Å²) in [5, 5.41) is 27.9. The standard InChI is InChI=1S/C26H25N7O3/c34-14-21(15-4-2-1-3-5-15)30-22-20(25-33-32-24(36-25)16-6-7-16)13-28-26(31-22)29-18-8-9-19-17(12-18)10-11-27-23(19)35/h1-5,8-9,12-13,16,21,34H,6-7,10-11,14H2,(H,27,35)(H2,28,29,30,31). The summed E-state index contributed by atoms with van der Waals surface area (Å²) in [5.74, 6) is 2.03. The second-order valence-electron chi connectivity index (χ2n) is 8.97. The molecule has 0 radical (unpaired) electrons. The van der Waals surface area contributed by atoms with E-state index in [4.69, 9.17) is 9.40 Å². The highest BCUT2D eigenvalue weighted by Gasteiger charge is 2.30. The maximum atomic E-state index is 12.1. The van der Waals surface area contributed by atoms with Crippen LogP contribution in [0.4, 0.5) is 17.5 Å². The van der Waals surface area contributed by atoms with Crippen molar-refractivity contribution in [3.63, 3.8) is 0 Å². The largest absolute Gasteiger partial charge is 0.420 e. The fourth-order valence-electron chi connectivity index (χ4n) is 4.27. The van der Waals surface area contributed by atoms with Crippen LogP contribution < -0.4 is 16.0 Å². The first kappa shape index (κ1) is 22.2. The molecule has 2 aromatic heterocycles. The first-order valence-electron chi connectivity index (χ1n) is 12.0. The molecule has 0 saturated heterocycles. The lowest BCUT2D eigenvalue weighted by molar-refractivity contribution is 0.0946. The van der Waals surface area contributed by atoms with Gasteiger partial charge in [0.1, 0.15) is 5.82 Å². The van der Waals surface area contributed by atoms with E-state index in [0.29, 0.717) is 47.1 Å². The number of aliphatic hydroxyl groups is 1. The van der Waals surface area contributed by atoms with Crippen molar-refractivity contribution in [3.05, 3.63) is 77.3 Å². The molecule has 1 amide bonds. The zero-order valence-corrected chi connectivity index (χ0v) is 19.4. The minimum atomic E-state index is -0.402. The summed E-state index contributed by atoms with van der Waals surface area (Å²) < 4.78 is 5.92. The maximum absolute atomic E-state index is 12.1. The fourth-order valence-corrected chi connectivity index (χ4v) is 4.27. The first-order chi connectivity index (χ1) is 17.7. The Hall–Kier alpha value is -4.31. The zero-order valence-electron chi connectivity index (χ0n) is 19.4. The number of carbonyl (C=O) groups is 1. The minimum absolute atomic E-state index is 0.0593. The number of fused-ring (bicyclic) bond motifs is 1. The van der Waals surface area contributed by atoms with Gasteiger partial charge in [0.15, 0.2) is 0 Å². The Morgan fingerprint density at radius 3 is 2.78 bits per heavy atom. The van der Waals surface area contributed by atoms with E-state index in [1.165, 1.54) is 0 Å². The molecular formula is C26H25N7O3. The van der Waals surface area contributed by atoms with Gasteiger partial charge in [0.2, 0.25) is 11.8 Å². The molecule has 0 bridgehead atoms. The smallest absolute Gasteiger partial charge is 0.253 e. The van der Waals surface area contributed by atoms with Crippen LogP contribution in [0.3, 0.4) is 0 Å². The lowest BCUT2D eigenvalue weighted by Gasteiger charge is -2.20. The zero-order chi connectivity index (χ0) is 24.5. The SMILES string of the molecule is O=C1NCCc2cc(Nc3ncc(-c4nnc(C5CC5)o4)c(NC(CO)c4ccccc4)n3)ccc21. The van der Waals surface area contributed by atoms with Crippen LogP contribution in [0.5, 0.6) is 0 Å². The molecule has 1 aliphatic heterocycles. The van der Waals surface area contributed by atoms with Gasteiger partial charge in [-0.1, -0.05) is 30.3 Å². The summed E-state index contributed by atoms with van der Waals surface area (Å²) >= 11 is 0. The molecule has 1 atom stereocenters. The van der Waals surface area contributed by atoms with Gasteiger partial charge in [-0.25, -0.2) is 4.98 Å². The lowest BCUT2D eigenvalue weighted by Crippen LogP contribution is -2.31. The van der Waals surface area contributed by atoms with Gasteiger partial charge in [-0.2, -0.15) is 4.98 Å². The molecule has 1 fully saturated rings. The molecule has 1 unspecified atom stereocenters. The molecule has 2 aromatic carbocycles. The highest BCUT2D eigenvalue weighted by atomic mass is 16.4. The van der Waals surface area contributed by atoms with E-state index in [1.54, 1.807) is 12.3 Å². The van der Waals surface area contributed by atoms with Gasteiger partial charge < -0.3 is 25.5 Å². The topological polar surface area (TPSA) is 138 Å². The van der Waals surface area contributed by atoms with E-state index in [0.717, 1.165) is 36.1 Å². The number of aromatic nitrogens is 4. The molecule has 10 nitrogen and oxygen atoms in total. The van der Waals surface area contributed by atoms with E-state index in [2.05, 4.69) is 31.1 Å². The Kier molecular flexibility index (Phi) is 5.78. The van der Waals surface area contributed by atoms with Crippen molar-refractivity contribution in [2.75, 3.05) is 23.8 Å². The van der Waals surface area contributed by atoms with E-state index in [-0.39, 0.29) is 12.5 Å². The van der Waals surface area contributed by atoms with Gasteiger partial charge in [-0.15, -0.1) is 10.2 Å². The van der Waals surface area contributed by atoms with E-state index in [9.17, 15) is 9.90 Å². The molecule has 4 N–H and O–H groups in total. The average Bonchev–Trinajstić information content (AvgIpc) is 3.65. The number of hydrogen-bond acceptors (Lipinski definition) is 9. The van der Waals surface area contributed by atoms with Crippen molar-refractivity contribution >= 4 is 23.4 Å². The van der Waals surface area contributed by atoms with Crippen LogP contribution in [0.1, 0.15) is 52.2 Å². The Morgan fingerprint density at radius 1 is 1.11 bits per heavy atom. The molecule has 1 saturated carbocycles. The van der Waals surface area contributed by atoms with Crippen LogP contribution in [0.2, 0.25) is 0 Å². The quantitative estimate of drug-likeness (QED) is 0.296. The van der Waals surface area contributed by atoms with Gasteiger partial charge in [-0.05, 0) is 48.6 Å². The summed E-state index contributed by atoms with van der Waals surface area (Å²) in [7, 11) is 0. The molecule has 6 rings (SSSR count). The van der Waals surface area contributed by atoms with Crippen LogP contribution in [0, 0.1) is 0 Å². The van der Waals surface area contributed by atoms with E-state index >= 15 is 0 Å². The summed E-state index contributed by atoms with van der Waals surface area (Å²) in [6, 6.07) is 14.8. The normalized spacial score (nSPS) is 15.6. The molecule has 182 valence electrons. The molecule has 2 aliphatic rings. The number of benzene rings is 2. The number of hydrogen-bond donors (Lipinski definition) is 4. The third-order valence-corrected chi connectivity index (χ3v) is 6.37. The summed E-state index contributed by atoms with van der Waals surface area (Å²) in [4.78, 5) is 21.2. The number of carbonyl (C=O) groups excluding carboxylic acids is 1. The molecular weight excluding hydrogens is 458 g/mol. The van der Waals surface area contributed by atoms with Crippen LogP contribution >= 0.6 is 0 Å². The lowest BCUT2D eigenvalue weighted by atomic mass is 10.00. The van der Waals surface area contributed by atoms with Crippen molar-refractivity contribution in [3.8, 4) is 11.5 Å². The van der Waals surface area contributed by atoms with Crippen molar-refractivity contribution in [2.24, 2.45) is 0 Å². The predicted molar refractivity (Wildman–Crippen MR) is 133 cm³/mol. The Labute approximate surface area is 207 Å². The van der Waals surface area contributed by atoms with Gasteiger partial charge in [-0.3, -0.25) is 4.79 Å². The van der Waals surface area contributed by atoms with Gasteiger partial charge in [0.25, 0.3) is 11.8 Å². The molecule has 1 aliphatic carbocycles. The van der Waals surface area contributed by atoms with Crippen LogP contribution in [-0.4, -0.2) is 44.3 Å². The number of anilines is 3. The summed E-state index contributed by atoms with van der Waals surface area (Å²) in [6.07, 6.45) is 4.50. The number of aliphatic hydroxyl groups excluding tert-OH is 1. The van der Waals surface area contributed by atoms with E-state index in [1.807, 2.05) is 42.5 Å². The van der Waals surface area contributed by atoms with Gasteiger partial charge in [0, 0.05) is 29.9 Å². The molecule has 3 heterocycles. The number of nitrogens with one attached hydrogen (secondary N) is 3. The average molecular weight is 484 g/mol. The minimum Gasteiger partial charge on any atom is -0.420 e. The number of nitrogens with zero attached hydrogens (tertiary/aromatic N) is 4. The number of amides is 1. The third kappa shape index (κ3) is 4.50. The van der Waals surface area contributed by atoms with Crippen molar-refractivity contribution in [2.45, 2.75) is 31.2 Å². The molecule has 0 spiro atoms. The molecule has 4 aromatic rings.